The topological polar surface area (TPSA) is 53.8 Å². The van der Waals surface area contributed by atoms with E-state index in [4.69, 9.17) is 5.26 Å². The summed E-state index contributed by atoms with van der Waals surface area (Å²) in [6, 6.07) is 10.4. The molecule has 17 heavy (non-hydrogen) atoms. The number of carbonyl (C=O) groups excluding carboxylic acids is 1. The van der Waals surface area contributed by atoms with Crippen LogP contribution < -0.4 is 0 Å². The van der Waals surface area contributed by atoms with Crippen molar-refractivity contribution in [3.05, 3.63) is 65.0 Å². The molecule has 0 aliphatic rings. The van der Waals surface area contributed by atoms with Crippen molar-refractivity contribution in [1.82, 2.24) is 4.98 Å². The highest BCUT2D eigenvalue weighted by Gasteiger charge is 2.11. The van der Waals surface area contributed by atoms with Gasteiger partial charge >= 0.3 is 0 Å². The summed E-state index contributed by atoms with van der Waals surface area (Å²) in [4.78, 5) is 16.1. The molecular formula is C14H10N2O. The quantitative estimate of drug-likeness (QED) is 0.733. The first-order valence-corrected chi connectivity index (χ1v) is 5.18. The fraction of sp³-hybridized carbons (Fsp3) is 0.0714. The van der Waals surface area contributed by atoms with E-state index in [9.17, 15) is 4.79 Å². The molecule has 1 heterocycles. The highest BCUT2D eigenvalue weighted by Crippen LogP contribution is 2.13. The fourth-order valence-corrected chi connectivity index (χ4v) is 1.55. The van der Waals surface area contributed by atoms with Crippen LogP contribution in [-0.2, 0) is 0 Å². The number of benzene rings is 1. The van der Waals surface area contributed by atoms with E-state index in [1.54, 1.807) is 42.7 Å². The molecule has 0 bridgehead atoms. The van der Waals surface area contributed by atoms with Crippen molar-refractivity contribution in [1.29, 1.82) is 5.26 Å². The molecule has 0 radical (unpaired) electrons. The molecule has 0 fully saturated rings. The minimum Gasteiger partial charge on any atom is -0.289 e. The van der Waals surface area contributed by atoms with Gasteiger partial charge in [-0.05, 0) is 42.8 Å². The number of hydrogen-bond acceptors (Lipinski definition) is 3. The fourth-order valence-electron chi connectivity index (χ4n) is 1.55. The van der Waals surface area contributed by atoms with Gasteiger partial charge in [0.05, 0.1) is 11.6 Å². The van der Waals surface area contributed by atoms with Gasteiger partial charge in [0, 0.05) is 23.5 Å². The number of hydrogen-bond donors (Lipinski definition) is 0. The van der Waals surface area contributed by atoms with Crippen LogP contribution in [0.3, 0.4) is 0 Å². The van der Waals surface area contributed by atoms with Crippen LogP contribution in [0.15, 0.2) is 42.7 Å². The van der Waals surface area contributed by atoms with E-state index in [1.165, 1.54) is 0 Å². The van der Waals surface area contributed by atoms with E-state index in [-0.39, 0.29) is 5.78 Å². The van der Waals surface area contributed by atoms with E-state index in [0.29, 0.717) is 16.7 Å². The molecule has 2 rings (SSSR count). The first-order chi connectivity index (χ1) is 8.22. The highest BCUT2D eigenvalue weighted by molar-refractivity contribution is 6.09. The van der Waals surface area contributed by atoms with Crippen molar-refractivity contribution in [2.45, 2.75) is 6.92 Å². The van der Waals surface area contributed by atoms with Crippen molar-refractivity contribution in [2.24, 2.45) is 0 Å². The minimum absolute atomic E-state index is 0.0694. The number of rotatable bonds is 2. The molecule has 0 unspecified atom stereocenters. The minimum atomic E-state index is -0.0694. The SMILES string of the molecule is Cc1ccncc1C(=O)c1ccc(C#N)cc1. The predicted molar refractivity (Wildman–Crippen MR) is 63.6 cm³/mol. The zero-order valence-corrected chi connectivity index (χ0v) is 9.34. The van der Waals surface area contributed by atoms with E-state index in [0.717, 1.165) is 5.56 Å². The largest absolute Gasteiger partial charge is 0.289 e. The molecule has 3 nitrogen and oxygen atoms in total. The Morgan fingerprint density at radius 1 is 1.24 bits per heavy atom. The molecular weight excluding hydrogens is 212 g/mol. The van der Waals surface area contributed by atoms with E-state index in [2.05, 4.69) is 4.98 Å². The maximum absolute atomic E-state index is 12.1. The van der Waals surface area contributed by atoms with Crippen LogP contribution in [0.25, 0.3) is 0 Å². The molecule has 0 saturated heterocycles. The van der Waals surface area contributed by atoms with Crippen LogP contribution in [0.2, 0.25) is 0 Å². The van der Waals surface area contributed by atoms with Crippen molar-refractivity contribution < 1.29 is 4.79 Å². The van der Waals surface area contributed by atoms with Crippen LogP contribution in [0.5, 0.6) is 0 Å². The second-order valence-electron chi connectivity index (χ2n) is 3.71. The van der Waals surface area contributed by atoms with Gasteiger partial charge in [0.15, 0.2) is 5.78 Å². The molecule has 0 saturated carbocycles. The molecule has 0 aliphatic carbocycles. The maximum Gasteiger partial charge on any atom is 0.194 e. The Kier molecular flexibility index (Phi) is 2.97. The van der Waals surface area contributed by atoms with Crippen molar-refractivity contribution in [3.63, 3.8) is 0 Å². The van der Waals surface area contributed by atoms with Gasteiger partial charge in [-0.1, -0.05) is 0 Å². The number of carbonyl (C=O) groups is 1. The zero-order valence-electron chi connectivity index (χ0n) is 9.34. The second-order valence-corrected chi connectivity index (χ2v) is 3.71. The first-order valence-electron chi connectivity index (χ1n) is 5.18. The van der Waals surface area contributed by atoms with Crippen LogP contribution in [0.1, 0.15) is 27.0 Å². The monoisotopic (exact) mass is 222 g/mol. The number of nitriles is 1. The number of nitrogens with zero attached hydrogens (tertiary/aromatic N) is 2. The Bertz CT molecular complexity index is 594. The Balaban J connectivity index is 2.38. The summed E-state index contributed by atoms with van der Waals surface area (Å²) in [5.74, 6) is -0.0694. The predicted octanol–water partition coefficient (Wildman–Crippen LogP) is 2.49. The molecule has 1 aromatic carbocycles. The van der Waals surface area contributed by atoms with Gasteiger partial charge in [-0.25, -0.2) is 0 Å². The van der Waals surface area contributed by atoms with Crippen LogP contribution >= 0.6 is 0 Å². The third-order valence-corrected chi connectivity index (χ3v) is 2.56. The molecule has 0 aliphatic heterocycles. The normalized spacial score (nSPS) is 9.65. The Morgan fingerprint density at radius 3 is 2.53 bits per heavy atom. The van der Waals surface area contributed by atoms with E-state index in [1.807, 2.05) is 13.0 Å². The third kappa shape index (κ3) is 2.21. The molecule has 1 aromatic heterocycles. The summed E-state index contributed by atoms with van der Waals surface area (Å²) >= 11 is 0. The van der Waals surface area contributed by atoms with Crippen molar-refractivity contribution in [2.75, 3.05) is 0 Å². The van der Waals surface area contributed by atoms with Gasteiger partial charge in [0.25, 0.3) is 0 Å². The first kappa shape index (κ1) is 11.0. The number of ketones is 1. The van der Waals surface area contributed by atoms with Crippen molar-refractivity contribution in [3.8, 4) is 6.07 Å². The molecule has 2 aromatic rings. The second kappa shape index (κ2) is 4.58. The maximum atomic E-state index is 12.1. The lowest BCUT2D eigenvalue weighted by Crippen LogP contribution is -2.04. The third-order valence-electron chi connectivity index (χ3n) is 2.56. The molecule has 0 atom stereocenters. The summed E-state index contributed by atoms with van der Waals surface area (Å²) in [5.41, 5.74) is 2.61. The lowest BCUT2D eigenvalue weighted by atomic mass is 10.0. The van der Waals surface area contributed by atoms with Gasteiger partial charge in [0.2, 0.25) is 0 Å². The molecule has 0 N–H and O–H groups in total. The number of aryl methyl sites for hydroxylation is 1. The Labute approximate surface area is 99.4 Å². The lowest BCUT2D eigenvalue weighted by Gasteiger charge is -2.03. The van der Waals surface area contributed by atoms with Gasteiger partial charge in [0.1, 0.15) is 0 Å². The average Bonchev–Trinajstić information content (AvgIpc) is 2.39. The van der Waals surface area contributed by atoms with Crippen molar-refractivity contribution >= 4 is 5.78 Å². The standard InChI is InChI=1S/C14H10N2O/c1-10-6-7-16-9-13(10)14(17)12-4-2-11(8-15)3-5-12/h2-7,9H,1H3. The molecule has 3 heteroatoms. The molecule has 82 valence electrons. The van der Waals surface area contributed by atoms with Crippen LogP contribution in [-0.4, -0.2) is 10.8 Å². The molecule has 0 spiro atoms. The van der Waals surface area contributed by atoms with Crippen LogP contribution in [0.4, 0.5) is 0 Å². The highest BCUT2D eigenvalue weighted by atomic mass is 16.1. The summed E-state index contributed by atoms with van der Waals surface area (Å²) < 4.78 is 0. The van der Waals surface area contributed by atoms with Crippen LogP contribution in [0, 0.1) is 18.3 Å². The van der Waals surface area contributed by atoms with Gasteiger partial charge in [-0.2, -0.15) is 5.26 Å². The van der Waals surface area contributed by atoms with Gasteiger partial charge in [-0.3, -0.25) is 9.78 Å². The summed E-state index contributed by atoms with van der Waals surface area (Å²) in [5, 5.41) is 8.68. The summed E-state index contributed by atoms with van der Waals surface area (Å²) in [7, 11) is 0. The van der Waals surface area contributed by atoms with Gasteiger partial charge in [-0.15, -0.1) is 0 Å². The summed E-state index contributed by atoms with van der Waals surface area (Å²) in [6.07, 6.45) is 3.22. The smallest absolute Gasteiger partial charge is 0.194 e. The lowest BCUT2D eigenvalue weighted by molar-refractivity contribution is 0.103. The summed E-state index contributed by atoms with van der Waals surface area (Å²) in [6.45, 7) is 1.87. The number of aromatic nitrogens is 1. The van der Waals surface area contributed by atoms with Gasteiger partial charge < -0.3 is 0 Å². The Morgan fingerprint density at radius 2 is 1.94 bits per heavy atom. The van der Waals surface area contributed by atoms with E-state index >= 15 is 0 Å². The van der Waals surface area contributed by atoms with E-state index < -0.39 is 0 Å². The zero-order chi connectivity index (χ0) is 12.3. The Hall–Kier alpha value is -2.47. The molecule has 0 amide bonds. The average molecular weight is 222 g/mol. The number of pyridine rings is 1.